The van der Waals surface area contributed by atoms with Crippen LogP contribution in [0, 0.1) is 12.8 Å². The number of benzene rings is 1. The van der Waals surface area contributed by atoms with Crippen molar-refractivity contribution in [3.8, 4) is 0 Å². The number of hydrogen-bond donors (Lipinski definition) is 2. The monoisotopic (exact) mass is 345 g/mol. The number of hydrogen-bond acceptors (Lipinski definition) is 3. The summed E-state index contributed by atoms with van der Waals surface area (Å²) in [7, 11) is 0. The van der Waals surface area contributed by atoms with Gasteiger partial charge in [-0.2, -0.15) is 0 Å². The molecule has 3 N–H and O–H groups in total. The van der Waals surface area contributed by atoms with Gasteiger partial charge in [0, 0.05) is 30.7 Å². The van der Waals surface area contributed by atoms with Crippen molar-refractivity contribution in [1.82, 2.24) is 10.2 Å². The molecule has 0 bridgehead atoms. The molecule has 2 amide bonds. The molecule has 5 nitrogen and oxygen atoms in total. The summed E-state index contributed by atoms with van der Waals surface area (Å²) < 4.78 is 0. The molecule has 0 radical (unpaired) electrons. The molecule has 1 atom stereocenters. The minimum atomic E-state index is -0.346. The molecule has 1 aliphatic heterocycles. The lowest BCUT2D eigenvalue weighted by atomic mass is 9.92. The summed E-state index contributed by atoms with van der Waals surface area (Å²) in [6.07, 6.45) is 3.32. The second-order valence-electron chi connectivity index (χ2n) is 7.24. The predicted molar refractivity (Wildman–Crippen MR) is 100 cm³/mol. The van der Waals surface area contributed by atoms with Gasteiger partial charge in [0.05, 0.1) is 5.92 Å². The van der Waals surface area contributed by atoms with Crippen LogP contribution >= 0.6 is 0 Å². The summed E-state index contributed by atoms with van der Waals surface area (Å²) in [5, 5.41) is 3.00. The zero-order valence-corrected chi connectivity index (χ0v) is 15.7. The largest absolute Gasteiger partial charge is 0.354 e. The third-order valence-electron chi connectivity index (χ3n) is 5.40. The summed E-state index contributed by atoms with van der Waals surface area (Å²) in [5.74, 6) is -0.132. The standard InChI is InChI=1S/C20H31N3O2/c1-4-20(21,5-2)14-22-18(24)17-7-6-12-23(13-17)19(25)16-10-8-15(3)9-11-16/h8-11,17H,4-7,12-14,21H2,1-3H3,(H,22,24). The van der Waals surface area contributed by atoms with Gasteiger partial charge >= 0.3 is 0 Å². The highest BCUT2D eigenvalue weighted by Crippen LogP contribution is 2.20. The van der Waals surface area contributed by atoms with Gasteiger partial charge in [-0.1, -0.05) is 31.5 Å². The molecule has 1 fully saturated rings. The van der Waals surface area contributed by atoms with Crippen LogP contribution in [0.1, 0.15) is 55.5 Å². The van der Waals surface area contributed by atoms with E-state index < -0.39 is 0 Å². The van der Waals surface area contributed by atoms with E-state index in [0.29, 0.717) is 25.2 Å². The van der Waals surface area contributed by atoms with E-state index in [9.17, 15) is 9.59 Å². The number of rotatable bonds is 6. The van der Waals surface area contributed by atoms with Crippen molar-refractivity contribution in [1.29, 1.82) is 0 Å². The van der Waals surface area contributed by atoms with Crippen LogP contribution in [0.4, 0.5) is 0 Å². The van der Waals surface area contributed by atoms with E-state index in [2.05, 4.69) is 5.32 Å². The lowest BCUT2D eigenvalue weighted by Gasteiger charge is -2.33. The molecule has 1 aliphatic rings. The number of likely N-dealkylation sites (tertiary alicyclic amines) is 1. The van der Waals surface area contributed by atoms with Crippen LogP contribution in [0.25, 0.3) is 0 Å². The highest BCUT2D eigenvalue weighted by molar-refractivity contribution is 5.94. The Kier molecular flexibility index (Phi) is 6.59. The first-order chi connectivity index (χ1) is 11.9. The molecule has 0 aliphatic carbocycles. The molecule has 25 heavy (non-hydrogen) atoms. The van der Waals surface area contributed by atoms with E-state index in [1.165, 1.54) is 0 Å². The van der Waals surface area contributed by atoms with Crippen LogP contribution in [-0.4, -0.2) is 41.9 Å². The maximum Gasteiger partial charge on any atom is 0.253 e. The van der Waals surface area contributed by atoms with Crippen molar-refractivity contribution >= 4 is 11.8 Å². The first kappa shape index (κ1) is 19.4. The van der Waals surface area contributed by atoms with Crippen molar-refractivity contribution in [2.75, 3.05) is 19.6 Å². The Labute approximate surface area is 151 Å². The smallest absolute Gasteiger partial charge is 0.253 e. The fourth-order valence-electron chi connectivity index (χ4n) is 3.16. The number of aryl methyl sites for hydroxylation is 1. The number of nitrogens with one attached hydrogen (secondary N) is 1. The first-order valence-electron chi connectivity index (χ1n) is 9.31. The van der Waals surface area contributed by atoms with Gasteiger partial charge in [-0.25, -0.2) is 0 Å². The topological polar surface area (TPSA) is 75.4 Å². The lowest BCUT2D eigenvalue weighted by molar-refractivity contribution is -0.126. The van der Waals surface area contributed by atoms with Gasteiger partial charge in [0.25, 0.3) is 5.91 Å². The summed E-state index contributed by atoms with van der Waals surface area (Å²) in [5.41, 5.74) is 7.73. The van der Waals surface area contributed by atoms with E-state index in [0.717, 1.165) is 31.2 Å². The van der Waals surface area contributed by atoms with Crippen LogP contribution in [-0.2, 0) is 4.79 Å². The Morgan fingerprint density at radius 3 is 2.48 bits per heavy atom. The molecule has 5 heteroatoms. The fourth-order valence-corrected chi connectivity index (χ4v) is 3.16. The average molecular weight is 345 g/mol. The maximum atomic E-state index is 12.7. The van der Waals surface area contributed by atoms with Gasteiger partial charge in [0.2, 0.25) is 5.91 Å². The number of piperidine rings is 1. The van der Waals surface area contributed by atoms with Crippen LogP contribution in [0.3, 0.4) is 0 Å². The quantitative estimate of drug-likeness (QED) is 0.832. The van der Waals surface area contributed by atoms with Crippen LogP contribution < -0.4 is 11.1 Å². The summed E-state index contributed by atoms with van der Waals surface area (Å²) in [4.78, 5) is 27.0. The van der Waals surface area contributed by atoms with Crippen LogP contribution in [0.5, 0.6) is 0 Å². The second-order valence-corrected chi connectivity index (χ2v) is 7.24. The Balaban J connectivity index is 1.94. The number of carbonyl (C=O) groups is 2. The van der Waals surface area contributed by atoms with Crippen molar-refractivity contribution in [3.05, 3.63) is 35.4 Å². The predicted octanol–water partition coefficient (Wildman–Crippen LogP) is 2.48. The van der Waals surface area contributed by atoms with Crippen molar-refractivity contribution in [2.24, 2.45) is 11.7 Å². The van der Waals surface area contributed by atoms with Crippen molar-refractivity contribution in [3.63, 3.8) is 0 Å². The Bertz CT molecular complexity index is 593. The Morgan fingerprint density at radius 2 is 1.88 bits per heavy atom. The fraction of sp³-hybridized carbons (Fsp3) is 0.600. The van der Waals surface area contributed by atoms with Crippen LogP contribution in [0.15, 0.2) is 24.3 Å². The summed E-state index contributed by atoms with van der Waals surface area (Å²) >= 11 is 0. The van der Waals surface area contributed by atoms with E-state index in [1.807, 2.05) is 45.0 Å². The molecular formula is C20H31N3O2. The van der Waals surface area contributed by atoms with E-state index in [-0.39, 0.29) is 23.3 Å². The normalized spacial score (nSPS) is 18.1. The molecular weight excluding hydrogens is 314 g/mol. The lowest BCUT2D eigenvalue weighted by Crippen LogP contribution is -2.52. The van der Waals surface area contributed by atoms with Gasteiger partial charge in [-0.3, -0.25) is 9.59 Å². The number of carbonyl (C=O) groups excluding carboxylic acids is 2. The molecule has 1 saturated heterocycles. The van der Waals surface area contributed by atoms with Crippen LogP contribution in [0.2, 0.25) is 0 Å². The molecule has 1 aromatic carbocycles. The summed E-state index contributed by atoms with van der Waals surface area (Å²) in [6.45, 7) is 7.76. The SMILES string of the molecule is CCC(N)(CC)CNC(=O)C1CCCN(C(=O)c2ccc(C)cc2)C1. The third kappa shape index (κ3) is 5.05. The highest BCUT2D eigenvalue weighted by Gasteiger charge is 2.30. The maximum absolute atomic E-state index is 12.7. The molecule has 138 valence electrons. The zero-order valence-electron chi connectivity index (χ0n) is 15.7. The van der Waals surface area contributed by atoms with E-state index in [4.69, 9.17) is 5.73 Å². The van der Waals surface area contributed by atoms with Gasteiger partial charge < -0.3 is 16.0 Å². The van der Waals surface area contributed by atoms with Gasteiger partial charge in [0.1, 0.15) is 0 Å². The molecule has 1 heterocycles. The number of nitrogens with zero attached hydrogens (tertiary/aromatic N) is 1. The Morgan fingerprint density at radius 1 is 1.24 bits per heavy atom. The van der Waals surface area contributed by atoms with Crippen molar-refractivity contribution in [2.45, 2.75) is 52.0 Å². The van der Waals surface area contributed by atoms with Crippen molar-refractivity contribution < 1.29 is 9.59 Å². The van der Waals surface area contributed by atoms with Gasteiger partial charge in [0.15, 0.2) is 0 Å². The molecule has 0 aromatic heterocycles. The van der Waals surface area contributed by atoms with E-state index in [1.54, 1.807) is 4.90 Å². The van der Waals surface area contributed by atoms with Gasteiger partial charge in [-0.05, 0) is 44.7 Å². The molecule has 1 unspecified atom stereocenters. The Hall–Kier alpha value is -1.88. The molecule has 1 aromatic rings. The highest BCUT2D eigenvalue weighted by atomic mass is 16.2. The summed E-state index contributed by atoms with van der Waals surface area (Å²) in [6, 6.07) is 7.59. The zero-order chi connectivity index (χ0) is 18.4. The molecule has 0 saturated carbocycles. The number of nitrogens with two attached hydrogens (primary N) is 1. The van der Waals surface area contributed by atoms with E-state index >= 15 is 0 Å². The minimum absolute atomic E-state index is 0.00721. The first-order valence-corrected chi connectivity index (χ1v) is 9.31. The molecule has 2 rings (SSSR count). The number of amides is 2. The molecule has 0 spiro atoms. The minimum Gasteiger partial charge on any atom is -0.354 e. The second kappa shape index (κ2) is 8.48. The van der Waals surface area contributed by atoms with Gasteiger partial charge in [-0.15, -0.1) is 0 Å². The average Bonchev–Trinajstić information content (AvgIpc) is 2.66. The third-order valence-corrected chi connectivity index (χ3v) is 5.40.